The van der Waals surface area contributed by atoms with Crippen LogP contribution >= 0.6 is 0 Å². The number of aryl methyl sites for hydroxylation is 1. The lowest BCUT2D eigenvalue weighted by molar-refractivity contribution is 0.0747. The molecule has 3 aromatic rings. The number of carbonyl (C=O) groups excluding carboxylic acids is 1. The second-order valence-electron chi connectivity index (χ2n) is 6.90. The number of nitrogens with one attached hydrogen (secondary N) is 1. The second-order valence-corrected chi connectivity index (χ2v) is 6.90. The van der Waals surface area contributed by atoms with E-state index in [1.54, 1.807) is 13.3 Å². The zero-order valence-corrected chi connectivity index (χ0v) is 16.6. The van der Waals surface area contributed by atoms with Crippen molar-refractivity contribution < 1.29 is 9.53 Å². The van der Waals surface area contributed by atoms with Crippen molar-refractivity contribution in [2.24, 2.45) is 0 Å². The van der Waals surface area contributed by atoms with Gasteiger partial charge in [-0.15, -0.1) is 0 Å². The van der Waals surface area contributed by atoms with Crippen molar-refractivity contribution in [1.29, 1.82) is 0 Å². The van der Waals surface area contributed by atoms with Gasteiger partial charge in [-0.05, 0) is 12.1 Å². The number of ether oxygens (including phenoxy) is 1. The van der Waals surface area contributed by atoms with E-state index in [4.69, 9.17) is 4.74 Å². The lowest BCUT2D eigenvalue weighted by atomic mass is 10.1. The summed E-state index contributed by atoms with van der Waals surface area (Å²) in [6.07, 6.45) is 4.32. The summed E-state index contributed by atoms with van der Waals surface area (Å²) in [6.45, 7) is 4.87. The van der Waals surface area contributed by atoms with Crippen molar-refractivity contribution >= 4 is 11.6 Å². The van der Waals surface area contributed by atoms with E-state index in [-0.39, 0.29) is 5.91 Å². The number of pyridine rings is 1. The van der Waals surface area contributed by atoms with Crippen LogP contribution < -0.4 is 9.64 Å². The Kier molecular flexibility index (Phi) is 5.41. The number of amides is 1. The number of methoxy groups -OCH3 is 1. The van der Waals surface area contributed by atoms with Crippen LogP contribution in [0.5, 0.6) is 5.75 Å². The molecule has 1 fully saturated rings. The molecule has 0 spiro atoms. The Morgan fingerprint density at radius 1 is 1.14 bits per heavy atom. The van der Waals surface area contributed by atoms with Gasteiger partial charge in [-0.25, -0.2) is 4.98 Å². The highest BCUT2D eigenvalue weighted by atomic mass is 16.5. The molecule has 0 unspecified atom stereocenters. The minimum Gasteiger partial charge on any atom is -0.495 e. The predicted octanol–water partition coefficient (Wildman–Crippen LogP) is 2.40. The fraction of sp³-hybridized carbons (Fsp3) is 0.333. The van der Waals surface area contributed by atoms with Crippen LogP contribution in [-0.2, 0) is 6.42 Å². The van der Waals surface area contributed by atoms with Crippen LogP contribution in [0.4, 0.5) is 5.69 Å². The van der Waals surface area contributed by atoms with Crippen molar-refractivity contribution in [3.05, 3.63) is 54.1 Å². The van der Waals surface area contributed by atoms with E-state index in [1.807, 2.05) is 48.4 Å². The third kappa shape index (κ3) is 4.06. The highest BCUT2D eigenvalue weighted by Crippen LogP contribution is 2.22. The second kappa shape index (κ2) is 8.30. The number of rotatable bonds is 5. The molecule has 1 aliphatic heterocycles. The Morgan fingerprint density at radius 2 is 1.90 bits per heavy atom. The summed E-state index contributed by atoms with van der Waals surface area (Å²) in [5.74, 6) is 2.29. The van der Waals surface area contributed by atoms with Crippen molar-refractivity contribution in [3.8, 4) is 17.1 Å². The van der Waals surface area contributed by atoms with Crippen LogP contribution in [0.15, 0.2) is 42.7 Å². The molecule has 0 saturated carbocycles. The first kappa shape index (κ1) is 18.9. The molecule has 0 radical (unpaired) electrons. The molecule has 8 nitrogen and oxygen atoms in total. The summed E-state index contributed by atoms with van der Waals surface area (Å²) in [6, 6.07) is 9.45. The molecule has 0 atom stereocenters. The van der Waals surface area contributed by atoms with Crippen LogP contribution in [0.3, 0.4) is 0 Å². The monoisotopic (exact) mass is 392 g/mol. The van der Waals surface area contributed by atoms with E-state index in [1.165, 1.54) is 0 Å². The van der Waals surface area contributed by atoms with Gasteiger partial charge in [-0.1, -0.05) is 19.1 Å². The lowest BCUT2D eigenvalue weighted by Gasteiger charge is -2.36. The summed E-state index contributed by atoms with van der Waals surface area (Å²) in [5, 5.41) is 7.13. The number of aromatic nitrogens is 4. The SMILES string of the molecule is CCc1nc(-c2ccc(C(=O)N3CCN(c4cncc(OC)c4)CC3)cc2)n[nH]1. The Hall–Kier alpha value is -3.42. The van der Waals surface area contributed by atoms with E-state index < -0.39 is 0 Å². The first-order chi connectivity index (χ1) is 14.2. The number of nitrogens with zero attached hydrogens (tertiary/aromatic N) is 5. The minimum absolute atomic E-state index is 0.0456. The third-order valence-corrected chi connectivity index (χ3v) is 5.12. The maximum absolute atomic E-state index is 12.9. The Bertz CT molecular complexity index is 977. The zero-order valence-electron chi connectivity index (χ0n) is 16.6. The molecule has 29 heavy (non-hydrogen) atoms. The van der Waals surface area contributed by atoms with Crippen molar-refractivity contribution in [1.82, 2.24) is 25.1 Å². The number of anilines is 1. The smallest absolute Gasteiger partial charge is 0.253 e. The Morgan fingerprint density at radius 3 is 2.55 bits per heavy atom. The average Bonchev–Trinajstić information content (AvgIpc) is 3.28. The van der Waals surface area contributed by atoms with Gasteiger partial charge in [0, 0.05) is 49.8 Å². The third-order valence-electron chi connectivity index (χ3n) is 5.12. The van der Waals surface area contributed by atoms with E-state index >= 15 is 0 Å². The maximum Gasteiger partial charge on any atom is 0.253 e. The lowest BCUT2D eigenvalue weighted by Crippen LogP contribution is -2.48. The Balaban J connectivity index is 1.39. The quantitative estimate of drug-likeness (QED) is 0.717. The number of hydrogen-bond acceptors (Lipinski definition) is 6. The van der Waals surface area contributed by atoms with Gasteiger partial charge in [0.25, 0.3) is 5.91 Å². The molecule has 0 bridgehead atoms. The van der Waals surface area contributed by atoms with Gasteiger partial charge in [-0.3, -0.25) is 14.9 Å². The normalized spacial score (nSPS) is 14.1. The first-order valence-corrected chi connectivity index (χ1v) is 9.73. The van der Waals surface area contributed by atoms with E-state index in [2.05, 4.69) is 25.1 Å². The molecular formula is C21H24N6O2. The molecule has 1 N–H and O–H groups in total. The number of carbonyl (C=O) groups is 1. The molecule has 3 heterocycles. The van der Waals surface area contributed by atoms with Gasteiger partial charge in [0.2, 0.25) is 0 Å². The van der Waals surface area contributed by atoms with Gasteiger partial charge in [0.15, 0.2) is 5.82 Å². The largest absolute Gasteiger partial charge is 0.495 e. The van der Waals surface area contributed by atoms with E-state index in [9.17, 15) is 4.79 Å². The van der Waals surface area contributed by atoms with Crippen LogP contribution in [-0.4, -0.2) is 64.3 Å². The highest BCUT2D eigenvalue weighted by Gasteiger charge is 2.23. The first-order valence-electron chi connectivity index (χ1n) is 9.73. The molecule has 8 heteroatoms. The highest BCUT2D eigenvalue weighted by molar-refractivity contribution is 5.94. The van der Waals surface area contributed by atoms with Gasteiger partial charge in [0.1, 0.15) is 11.6 Å². The molecular weight excluding hydrogens is 368 g/mol. The van der Waals surface area contributed by atoms with Gasteiger partial charge in [-0.2, -0.15) is 5.10 Å². The molecule has 1 amide bonds. The summed E-state index contributed by atoms with van der Waals surface area (Å²) < 4.78 is 5.25. The summed E-state index contributed by atoms with van der Waals surface area (Å²) in [7, 11) is 1.63. The zero-order chi connectivity index (χ0) is 20.2. The number of benzene rings is 1. The number of hydrogen-bond donors (Lipinski definition) is 1. The number of piperazine rings is 1. The minimum atomic E-state index is 0.0456. The van der Waals surface area contributed by atoms with Crippen LogP contribution in [0.1, 0.15) is 23.1 Å². The fourth-order valence-corrected chi connectivity index (χ4v) is 3.39. The average molecular weight is 392 g/mol. The standard InChI is InChI=1S/C21H24N6O2/c1-3-19-23-20(25-24-19)15-4-6-16(7-5-15)21(28)27-10-8-26(9-11-27)17-12-18(29-2)14-22-13-17/h4-7,12-14H,3,8-11H2,1-2H3,(H,23,24,25). The molecule has 1 aliphatic rings. The van der Waals surface area contributed by atoms with Crippen molar-refractivity contribution in [2.45, 2.75) is 13.3 Å². The van der Waals surface area contributed by atoms with Gasteiger partial charge < -0.3 is 14.5 Å². The fourth-order valence-electron chi connectivity index (χ4n) is 3.39. The van der Waals surface area contributed by atoms with Crippen LogP contribution in [0.25, 0.3) is 11.4 Å². The van der Waals surface area contributed by atoms with Gasteiger partial charge >= 0.3 is 0 Å². The summed E-state index contributed by atoms with van der Waals surface area (Å²) in [4.78, 5) is 25.6. The Labute approximate surface area is 169 Å². The van der Waals surface area contributed by atoms with E-state index in [0.717, 1.165) is 42.3 Å². The van der Waals surface area contributed by atoms with Crippen molar-refractivity contribution in [3.63, 3.8) is 0 Å². The maximum atomic E-state index is 12.9. The number of H-pyrrole nitrogens is 1. The predicted molar refractivity (Wildman–Crippen MR) is 110 cm³/mol. The molecule has 150 valence electrons. The number of aromatic amines is 1. The molecule has 4 rings (SSSR count). The van der Waals surface area contributed by atoms with Crippen LogP contribution in [0, 0.1) is 0 Å². The summed E-state index contributed by atoms with van der Waals surface area (Å²) in [5.41, 5.74) is 2.59. The molecule has 1 aromatic carbocycles. The molecule has 2 aromatic heterocycles. The molecule has 1 saturated heterocycles. The van der Waals surface area contributed by atoms with E-state index in [0.29, 0.717) is 24.5 Å². The van der Waals surface area contributed by atoms with Crippen LogP contribution in [0.2, 0.25) is 0 Å². The molecule has 0 aliphatic carbocycles. The van der Waals surface area contributed by atoms with Gasteiger partial charge in [0.05, 0.1) is 25.2 Å². The van der Waals surface area contributed by atoms with Crippen molar-refractivity contribution in [2.75, 3.05) is 38.2 Å². The summed E-state index contributed by atoms with van der Waals surface area (Å²) >= 11 is 0. The topological polar surface area (TPSA) is 87.2 Å².